The molecule has 3 heterocycles. The minimum absolute atomic E-state index is 0.519. The lowest BCUT2D eigenvalue weighted by Crippen LogP contribution is -2.44. The summed E-state index contributed by atoms with van der Waals surface area (Å²) in [6.45, 7) is 4.88. The molecule has 0 aliphatic carbocycles. The Kier molecular flexibility index (Phi) is 2.97. The van der Waals surface area contributed by atoms with Gasteiger partial charge >= 0.3 is 0 Å². The van der Waals surface area contributed by atoms with Gasteiger partial charge in [0.25, 0.3) is 0 Å². The van der Waals surface area contributed by atoms with Crippen molar-refractivity contribution in [1.29, 1.82) is 0 Å². The standard InChI is InChI=1S/C16H21N3S/c1-18-10-8-16(11-18)7-4-9-19(12-16)15-17-13-5-2-3-6-14(13)20-15/h2-3,5-6H,4,7-12H2,1H3/t16-/m1/s1. The van der Waals surface area contributed by atoms with Gasteiger partial charge < -0.3 is 9.80 Å². The fourth-order valence-corrected chi connectivity index (χ4v) is 4.85. The van der Waals surface area contributed by atoms with Gasteiger partial charge in [-0.2, -0.15) is 0 Å². The molecule has 2 saturated heterocycles. The molecule has 3 nitrogen and oxygen atoms in total. The third-order valence-corrected chi connectivity index (χ3v) is 5.94. The maximum absolute atomic E-state index is 4.84. The predicted octanol–water partition coefficient (Wildman–Crippen LogP) is 3.22. The number of hydrogen-bond acceptors (Lipinski definition) is 4. The van der Waals surface area contributed by atoms with E-state index < -0.39 is 0 Å². The van der Waals surface area contributed by atoms with E-state index in [0.717, 1.165) is 5.52 Å². The second kappa shape index (κ2) is 4.71. The van der Waals surface area contributed by atoms with Crippen LogP contribution in [-0.4, -0.2) is 43.1 Å². The molecule has 4 heteroatoms. The first-order valence-corrected chi connectivity index (χ1v) is 8.35. The normalized spacial score (nSPS) is 27.8. The van der Waals surface area contributed by atoms with Gasteiger partial charge in [0.05, 0.1) is 10.2 Å². The Hall–Kier alpha value is -1.13. The second-order valence-electron chi connectivity index (χ2n) is 6.48. The number of piperidine rings is 1. The van der Waals surface area contributed by atoms with Gasteiger partial charge in [-0.05, 0) is 45.0 Å². The number of rotatable bonds is 1. The third kappa shape index (κ3) is 2.11. The molecule has 2 fully saturated rings. The van der Waals surface area contributed by atoms with Gasteiger partial charge in [0.15, 0.2) is 5.13 Å². The molecular weight excluding hydrogens is 266 g/mol. The van der Waals surface area contributed by atoms with Gasteiger partial charge in [-0.1, -0.05) is 23.5 Å². The summed E-state index contributed by atoms with van der Waals surface area (Å²) in [5.41, 5.74) is 1.67. The molecule has 0 N–H and O–H groups in total. The molecule has 20 heavy (non-hydrogen) atoms. The number of likely N-dealkylation sites (tertiary alicyclic amines) is 1. The van der Waals surface area contributed by atoms with Crippen molar-refractivity contribution < 1.29 is 0 Å². The van der Waals surface area contributed by atoms with Gasteiger partial charge in [-0.15, -0.1) is 0 Å². The van der Waals surface area contributed by atoms with Crippen LogP contribution in [-0.2, 0) is 0 Å². The average Bonchev–Trinajstić information content (AvgIpc) is 3.03. The van der Waals surface area contributed by atoms with Crippen molar-refractivity contribution in [3.63, 3.8) is 0 Å². The zero-order valence-corrected chi connectivity index (χ0v) is 12.8. The Morgan fingerprint density at radius 3 is 2.85 bits per heavy atom. The van der Waals surface area contributed by atoms with E-state index in [1.807, 2.05) is 11.3 Å². The molecule has 0 unspecified atom stereocenters. The van der Waals surface area contributed by atoms with Crippen LogP contribution in [0.25, 0.3) is 10.2 Å². The molecule has 2 aromatic rings. The van der Waals surface area contributed by atoms with Crippen LogP contribution in [0.1, 0.15) is 19.3 Å². The molecule has 0 radical (unpaired) electrons. The quantitative estimate of drug-likeness (QED) is 0.803. The van der Waals surface area contributed by atoms with Crippen LogP contribution in [0.5, 0.6) is 0 Å². The summed E-state index contributed by atoms with van der Waals surface area (Å²) in [5.74, 6) is 0. The summed E-state index contributed by atoms with van der Waals surface area (Å²) in [4.78, 5) is 9.86. The average molecular weight is 287 g/mol. The zero-order chi connectivity index (χ0) is 13.6. The van der Waals surface area contributed by atoms with Gasteiger partial charge in [-0.25, -0.2) is 4.98 Å². The minimum atomic E-state index is 0.519. The molecule has 1 aromatic heterocycles. The Labute approximate surface area is 124 Å². The fraction of sp³-hybridized carbons (Fsp3) is 0.562. The summed E-state index contributed by atoms with van der Waals surface area (Å²) >= 11 is 1.85. The molecule has 2 aliphatic heterocycles. The van der Waals surface area contributed by atoms with Gasteiger partial charge in [0.1, 0.15) is 0 Å². The first-order chi connectivity index (χ1) is 9.74. The first kappa shape index (κ1) is 12.6. The molecule has 1 spiro atoms. The monoisotopic (exact) mass is 287 g/mol. The van der Waals surface area contributed by atoms with Crippen molar-refractivity contribution in [2.45, 2.75) is 19.3 Å². The van der Waals surface area contributed by atoms with E-state index in [4.69, 9.17) is 4.98 Å². The highest BCUT2D eigenvalue weighted by Gasteiger charge is 2.40. The van der Waals surface area contributed by atoms with Crippen molar-refractivity contribution in [2.75, 3.05) is 38.1 Å². The van der Waals surface area contributed by atoms with Crippen molar-refractivity contribution in [3.05, 3.63) is 24.3 Å². The number of fused-ring (bicyclic) bond motifs is 1. The van der Waals surface area contributed by atoms with Gasteiger partial charge in [-0.3, -0.25) is 0 Å². The van der Waals surface area contributed by atoms with Crippen LogP contribution in [0.15, 0.2) is 24.3 Å². The van der Waals surface area contributed by atoms with Crippen molar-refractivity contribution in [2.24, 2.45) is 5.41 Å². The van der Waals surface area contributed by atoms with E-state index in [1.165, 1.54) is 55.3 Å². The second-order valence-corrected chi connectivity index (χ2v) is 7.49. The smallest absolute Gasteiger partial charge is 0.186 e. The summed E-state index contributed by atoms with van der Waals surface area (Å²) in [5, 5.41) is 1.22. The highest BCUT2D eigenvalue weighted by Crippen LogP contribution is 2.41. The van der Waals surface area contributed by atoms with Gasteiger partial charge in [0, 0.05) is 25.0 Å². The summed E-state index contributed by atoms with van der Waals surface area (Å²) < 4.78 is 1.31. The summed E-state index contributed by atoms with van der Waals surface area (Å²) in [7, 11) is 2.26. The molecule has 4 rings (SSSR count). The highest BCUT2D eigenvalue weighted by atomic mass is 32.1. The minimum Gasteiger partial charge on any atom is -0.347 e. The number of para-hydroxylation sites is 1. The van der Waals surface area contributed by atoms with Crippen molar-refractivity contribution in [3.8, 4) is 0 Å². The first-order valence-electron chi connectivity index (χ1n) is 7.53. The highest BCUT2D eigenvalue weighted by molar-refractivity contribution is 7.22. The Bertz CT molecular complexity index is 586. The Morgan fingerprint density at radius 1 is 1.15 bits per heavy atom. The van der Waals surface area contributed by atoms with Gasteiger partial charge in [0.2, 0.25) is 0 Å². The van der Waals surface area contributed by atoms with E-state index >= 15 is 0 Å². The molecule has 0 bridgehead atoms. The third-order valence-electron chi connectivity index (χ3n) is 4.84. The van der Waals surface area contributed by atoms with Crippen molar-refractivity contribution >= 4 is 26.7 Å². The molecule has 0 amide bonds. The van der Waals surface area contributed by atoms with E-state index in [1.54, 1.807) is 0 Å². The molecular formula is C16H21N3S. The van der Waals surface area contributed by atoms with E-state index in [-0.39, 0.29) is 0 Å². The molecule has 1 atom stereocenters. The number of benzene rings is 1. The zero-order valence-electron chi connectivity index (χ0n) is 12.0. The molecule has 2 aliphatic rings. The Morgan fingerprint density at radius 2 is 2.05 bits per heavy atom. The van der Waals surface area contributed by atoms with Crippen LogP contribution in [0.2, 0.25) is 0 Å². The lowest BCUT2D eigenvalue weighted by molar-refractivity contribution is 0.234. The summed E-state index contributed by atoms with van der Waals surface area (Å²) in [6.07, 6.45) is 4.05. The van der Waals surface area contributed by atoms with Crippen LogP contribution in [0.3, 0.4) is 0 Å². The molecule has 0 saturated carbocycles. The molecule has 106 valence electrons. The lowest BCUT2D eigenvalue weighted by Gasteiger charge is -2.40. The van der Waals surface area contributed by atoms with Crippen LogP contribution < -0.4 is 4.90 Å². The van der Waals surface area contributed by atoms with Crippen molar-refractivity contribution in [1.82, 2.24) is 9.88 Å². The van der Waals surface area contributed by atoms with E-state index in [2.05, 4.69) is 41.1 Å². The lowest BCUT2D eigenvalue weighted by atomic mass is 9.79. The number of anilines is 1. The number of aromatic nitrogens is 1. The number of hydrogen-bond donors (Lipinski definition) is 0. The van der Waals surface area contributed by atoms with E-state index in [0.29, 0.717) is 5.41 Å². The fourth-order valence-electron chi connectivity index (χ4n) is 3.86. The topological polar surface area (TPSA) is 19.4 Å². The Balaban J connectivity index is 1.61. The van der Waals surface area contributed by atoms with Crippen LogP contribution in [0, 0.1) is 5.41 Å². The van der Waals surface area contributed by atoms with Crippen LogP contribution in [0.4, 0.5) is 5.13 Å². The largest absolute Gasteiger partial charge is 0.347 e. The number of nitrogens with zero attached hydrogens (tertiary/aromatic N) is 3. The van der Waals surface area contributed by atoms with Crippen LogP contribution >= 0.6 is 11.3 Å². The summed E-state index contributed by atoms with van der Waals surface area (Å²) in [6, 6.07) is 8.49. The number of thiazole rings is 1. The maximum atomic E-state index is 4.84. The maximum Gasteiger partial charge on any atom is 0.186 e. The predicted molar refractivity (Wildman–Crippen MR) is 85.6 cm³/mol. The molecule has 1 aromatic carbocycles. The van der Waals surface area contributed by atoms with E-state index in [9.17, 15) is 0 Å². The SMILES string of the molecule is CN1CC[C@]2(CCCN(c3nc4ccccc4s3)C2)C1.